The minimum Gasteiger partial charge on any atom is -0.380 e. The molecule has 3 heteroatoms. The Morgan fingerprint density at radius 2 is 2.36 bits per heavy atom. The average Bonchev–Trinajstić information content (AvgIpc) is 2.16. The molecule has 1 N–H and O–H groups in total. The third kappa shape index (κ3) is 1.69. The van der Waals surface area contributed by atoms with Gasteiger partial charge in [0.05, 0.1) is 17.4 Å². The van der Waals surface area contributed by atoms with Crippen LogP contribution in [-0.2, 0) is 0 Å². The number of aromatic nitrogens is 1. The first-order valence-electron chi connectivity index (χ1n) is 4.90. The van der Waals surface area contributed by atoms with E-state index in [2.05, 4.69) is 23.3 Å². The van der Waals surface area contributed by atoms with Gasteiger partial charge in [-0.1, -0.05) is 6.92 Å². The van der Waals surface area contributed by atoms with Gasteiger partial charge in [0.25, 0.3) is 0 Å². The van der Waals surface area contributed by atoms with Crippen molar-refractivity contribution in [2.45, 2.75) is 25.8 Å². The molecule has 0 spiro atoms. The largest absolute Gasteiger partial charge is 0.380 e. The molecule has 1 heterocycles. The fourth-order valence-corrected chi connectivity index (χ4v) is 1.85. The van der Waals surface area contributed by atoms with E-state index >= 15 is 0 Å². The Labute approximate surface area is 83.8 Å². The highest BCUT2D eigenvalue weighted by Crippen LogP contribution is 2.29. The molecule has 1 fully saturated rings. The van der Waals surface area contributed by atoms with Gasteiger partial charge in [0.15, 0.2) is 0 Å². The number of nitrogens with zero attached hydrogens (tertiary/aromatic N) is 2. The van der Waals surface area contributed by atoms with Gasteiger partial charge >= 0.3 is 0 Å². The maximum absolute atomic E-state index is 8.86. The van der Waals surface area contributed by atoms with Crippen LogP contribution in [0, 0.1) is 17.2 Å². The highest BCUT2D eigenvalue weighted by atomic mass is 14.9. The molecular weight excluding hydrogens is 174 g/mol. The maximum Gasteiger partial charge on any atom is 0.101 e. The molecule has 0 aromatic carbocycles. The van der Waals surface area contributed by atoms with Crippen LogP contribution in [0.3, 0.4) is 0 Å². The second-order valence-electron chi connectivity index (χ2n) is 3.95. The summed E-state index contributed by atoms with van der Waals surface area (Å²) in [5, 5.41) is 12.2. The van der Waals surface area contributed by atoms with Gasteiger partial charge in [-0.3, -0.25) is 4.98 Å². The second kappa shape index (κ2) is 3.67. The lowest BCUT2D eigenvalue weighted by Gasteiger charge is -2.34. The number of nitrogens with one attached hydrogen (secondary N) is 1. The van der Waals surface area contributed by atoms with Crippen LogP contribution in [0.15, 0.2) is 18.5 Å². The summed E-state index contributed by atoms with van der Waals surface area (Å²) < 4.78 is 0. The maximum atomic E-state index is 8.86. The second-order valence-corrected chi connectivity index (χ2v) is 3.95. The van der Waals surface area contributed by atoms with Crippen LogP contribution in [0.1, 0.15) is 25.3 Å². The number of pyridine rings is 1. The quantitative estimate of drug-likeness (QED) is 0.771. The molecule has 0 unspecified atom stereocenters. The van der Waals surface area contributed by atoms with Gasteiger partial charge in [-0.05, 0) is 24.8 Å². The fourth-order valence-electron chi connectivity index (χ4n) is 1.85. The van der Waals surface area contributed by atoms with E-state index in [1.165, 1.54) is 12.8 Å². The topological polar surface area (TPSA) is 48.7 Å². The predicted octanol–water partition coefficient (Wildman–Crippen LogP) is 2.16. The monoisotopic (exact) mass is 187 g/mol. The lowest BCUT2D eigenvalue weighted by atomic mass is 9.82. The van der Waals surface area contributed by atoms with E-state index in [4.69, 9.17) is 5.26 Å². The minimum atomic E-state index is 0.529. The first-order chi connectivity index (χ1) is 6.79. The van der Waals surface area contributed by atoms with Crippen LogP contribution >= 0.6 is 0 Å². The highest BCUT2D eigenvalue weighted by molar-refractivity contribution is 5.56. The van der Waals surface area contributed by atoms with Crippen molar-refractivity contribution in [3.8, 4) is 6.07 Å². The van der Waals surface area contributed by atoms with Crippen LogP contribution in [0.25, 0.3) is 0 Å². The number of rotatable bonds is 2. The van der Waals surface area contributed by atoms with Gasteiger partial charge in [-0.2, -0.15) is 5.26 Å². The van der Waals surface area contributed by atoms with E-state index in [1.54, 1.807) is 18.5 Å². The summed E-state index contributed by atoms with van der Waals surface area (Å²) >= 11 is 0. The molecule has 0 atom stereocenters. The molecule has 14 heavy (non-hydrogen) atoms. The average molecular weight is 187 g/mol. The van der Waals surface area contributed by atoms with Crippen molar-refractivity contribution in [1.82, 2.24) is 4.98 Å². The number of hydrogen-bond donors (Lipinski definition) is 1. The number of anilines is 1. The summed E-state index contributed by atoms with van der Waals surface area (Å²) in [4.78, 5) is 4.01. The van der Waals surface area contributed by atoms with Crippen molar-refractivity contribution in [3.63, 3.8) is 0 Å². The molecule has 0 saturated heterocycles. The highest BCUT2D eigenvalue weighted by Gasteiger charge is 2.25. The molecule has 0 radical (unpaired) electrons. The normalized spacial score (nSPS) is 24.9. The Balaban J connectivity index is 2.06. The van der Waals surface area contributed by atoms with Gasteiger partial charge in [0.2, 0.25) is 0 Å². The van der Waals surface area contributed by atoms with E-state index in [9.17, 15) is 0 Å². The predicted molar refractivity (Wildman–Crippen MR) is 54.8 cm³/mol. The smallest absolute Gasteiger partial charge is 0.101 e. The molecule has 2 rings (SSSR count). The first kappa shape index (κ1) is 9.01. The fraction of sp³-hybridized carbons (Fsp3) is 0.455. The molecular formula is C11H13N3. The van der Waals surface area contributed by atoms with Crippen molar-refractivity contribution >= 4 is 5.69 Å². The standard InChI is InChI=1S/C11H13N3/c1-8-4-10(5-8)14-11-7-13-3-2-9(11)6-12/h2-3,7-8,10,14H,4-5H2,1H3. The van der Waals surface area contributed by atoms with Crippen molar-refractivity contribution in [2.24, 2.45) is 5.92 Å². The molecule has 1 saturated carbocycles. The van der Waals surface area contributed by atoms with Gasteiger partial charge < -0.3 is 5.32 Å². The Bertz CT molecular complexity index is 361. The first-order valence-corrected chi connectivity index (χ1v) is 4.90. The van der Waals surface area contributed by atoms with E-state index in [-0.39, 0.29) is 0 Å². The van der Waals surface area contributed by atoms with Crippen molar-refractivity contribution in [3.05, 3.63) is 24.0 Å². The lowest BCUT2D eigenvalue weighted by Crippen LogP contribution is -2.34. The summed E-state index contributed by atoms with van der Waals surface area (Å²) in [6.45, 7) is 2.24. The van der Waals surface area contributed by atoms with E-state index < -0.39 is 0 Å². The van der Waals surface area contributed by atoms with Gasteiger partial charge in [-0.15, -0.1) is 0 Å². The molecule has 1 aliphatic carbocycles. The molecule has 0 bridgehead atoms. The van der Waals surface area contributed by atoms with Crippen LogP contribution in [0.4, 0.5) is 5.69 Å². The number of nitriles is 1. The zero-order valence-corrected chi connectivity index (χ0v) is 8.20. The van der Waals surface area contributed by atoms with Gasteiger partial charge in [0, 0.05) is 12.2 Å². The van der Waals surface area contributed by atoms with Crippen molar-refractivity contribution < 1.29 is 0 Å². The molecule has 3 nitrogen and oxygen atoms in total. The van der Waals surface area contributed by atoms with Crippen LogP contribution in [0.2, 0.25) is 0 Å². The molecule has 1 aromatic heterocycles. The third-order valence-electron chi connectivity index (χ3n) is 2.67. The van der Waals surface area contributed by atoms with Crippen molar-refractivity contribution in [2.75, 3.05) is 5.32 Å². The molecule has 1 aliphatic rings. The van der Waals surface area contributed by atoms with Crippen LogP contribution in [-0.4, -0.2) is 11.0 Å². The Kier molecular flexibility index (Phi) is 2.36. The minimum absolute atomic E-state index is 0.529. The van der Waals surface area contributed by atoms with Crippen LogP contribution < -0.4 is 5.32 Å². The lowest BCUT2D eigenvalue weighted by molar-refractivity contribution is 0.309. The SMILES string of the molecule is CC1CC(Nc2cnccc2C#N)C1. The number of hydrogen-bond acceptors (Lipinski definition) is 3. The zero-order chi connectivity index (χ0) is 9.97. The summed E-state index contributed by atoms with van der Waals surface area (Å²) in [5.74, 6) is 0.815. The molecule has 1 aromatic rings. The molecule has 0 aliphatic heterocycles. The Morgan fingerprint density at radius 1 is 1.57 bits per heavy atom. The van der Waals surface area contributed by atoms with E-state index in [1.807, 2.05) is 0 Å². The summed E-state index contributed by atoms with van der Waals surface area (Å²) in [6, 6.07) is 4.43. The van der Waals surface area contributed by atoms with E-state index in [0.29, 0.717) is 11.6 Å². The van der Waals surface area contributed by atoms with Crippen LogP contribution in [0.5, 0.6) is 0 Å². The van der Waals surface area contributed by atoms with E-state index in [0.717, 1.165) is 11.6 Å². The van der Waals surface area contributed by atoms with Gasteiger partial charge in [-0.25, -0.2) is 0 Å². The molecule has 72 valence electrons. The third-order valence-corrected chi connectivity index (χ3v) is 2.67. The zero-order valence-electron chi connectivity index (χ0n) is 8.20. The Morgan fingerprint density at radius 3 is 3.00 bits per heavy atom. The summed E-state index contributed by atoms with van der Waals surface area (Å²) in [7, 11) is 0. The van der Waals surface area contributed by atoms with Gasteiger partial charge in [0.1, 0.15) is 6.07 Å². The molecule has 0 amide bonds. The van der Waals surface area contributed by atoms with Crippen molar-refractivity contribution in [1.29, 1.82) is 5.26 Å². The Hall–Kier alpha value is -1.56. The summed E-state index contributed by atoms with van der Waals surface area (Å²) in [6.07, 6.45) is 5.76. The summed E-state index contributed by atoms with van der Waals surface area (Å²) in [5.41, 5.74) is 1.55.